The Morgan fingerprint density at radius 3 is 1.32 bits per heavy atom. The van der Waals surface area contributed by atoms with Crippen molar-refractivity contribution in [2.24, 2.45) is 0 Å². The number of furan rings is 2. The highest BCUT2D eigenvalue weighted by atomic mass is 16.3. The monoisotopic (exact) mass is 788 g/mol. The third-order valence-corrected chi connectivity index (χ3v) is 13.0. The molecule has 0 N–H and O–H groups in total. The maximum atomic E-state index is 6.73. The van der Waals surface area contributed by atoms with Gasteiger partial charge in [0.1, 0.15) is 28.0 Å². The highest BCUT2D eigenvalue weighted by Crippen LogP contribution is 2.45. The fourth-order valence-electron chi connectivity index (χ4n) is 10.1. The molecule has 0 amide bonds. The lowest BCUT2D eigenvalue weighted by Crippen LogP contribution is -1.93. The SMILES string of the molecule is c1ccc(-c2nc(-c3ccccc3)c3oc4cc(-c5ccc6c7ccccc7c7ccc(-c8ccc9c(c8)c8cccc%10oc%11cccc9c%11c%108)cc7c6c5)ccc4c3n2)cc1. The number of nitrogens with zero attached hydrogens (tertiary/aromatic N) is 2. The van der Waals surface area contributed by atoms with Gasteiger partial charge in [-0.15, -0.1) is 0 Å². The molecule has 0 spiro atoms. The molecule has 14 rings (SSSR count). The number of hydrogen-bond donors (Lipinski definition) is 0. The van der Waals surface area contributed by atoms with E-state index in [1.54, 1.807) is 0 Å². The molecular formula is C58H32N2O2. The second-order valence-corrected chi connectivity index (χ2v) is 16.4. The molecule has 0 aliphatic carbocycles. The van der Waals surface area contributed by atoms with E-state index < -0.39 is 0 Å². The second-order valence-electron chi connectivity index (χ2n) is 16.4. The van der Waals surface area contributed by atoms with Crippen molar-refractivity contribution in [1.82, 2.24) is 9.97 Å². The molecular weight excluding hydrogens is 757 g/mol. The minimum Gasteiger partial charge on any atom is -0.456 e. The van der Waals surface area contributed by atoms with Crippen LogP contribution in [0.4, 0.5) is 0 Å². The normalized spacial score (nSPS) is 12.2. The van der Waals surface area contributed by atoms with Gasteiger partial charge >= 0.3 is 0 Å². The topological polar surface area (TPSA) is 52.1 Å². The van der Waals surface area contributed by atoms with Crippen LogP contribution in [0.1, 0.15) is 0 Å². The Labute approximate surface area is 354 Å². The molecule has 0 aliphatic heterocycles. The summed E-state index contributed by atoms with van der Waals surface area (Å²) in [5, 5.41) is 15.7. The van der Waals surface area contributed by atoms with Gasteiger partial charge in [-0.3, -0.25) is 0 Å². The van der Waals surface area contributed by atoms with Crippen molar-refractivity contribution in [3.8, 4) is 44.9 Å². The van der Waals surface area contributed by atoms with E-state index in [1.165, 1.54) is 75.8 Å². The lowest BCUT2D eigenvalue weighted by atomic mass is 9.89. The van der Waals surface area contributed by atoms with Gasteiger partial charge in [0.2, 0.25) is 0 Å². The number of hydrogen-bond acceptors (Lipinski definition) is 4. The van der Waals surface area contributed by atoms with Gasteiger partial charge in [0.15, 0.2) is 11.4 Å². The van der Waals surface area contributed by atoms with Crippen LogP contribution < -0.4 is 0 Å². The summed E-state index contributed by atoms with van der Waals surface area (Å²) in [6, 6.07) is 69.3. The maximum absolute atomic E-state index is 6.73. The average Bonchev–Trinajstić information content (AvgIpc) is 3.92. The van der Waals surface area contributed by atoms with Crippen LogP contribution in [0.2, 0.25) is 0 Å². The molecule has 3 aromatic heterocycles. The molecule has 0 fully saturated rings. The Hall–Kier alpha value is -8.34. The number of fused-ring (bicyclic) bond motifs is 12. The van der Waals surface area contributed by atoms with Gasteiger partial charge in [-0.2, -0.15) is 0 Å². The molecule has 0 saturated heterocycles. The minimum absolute atomic E-state index is 0.675. The fraction of sp³-hybridized carbons (Fsp3) is 0. The van der Waals surface area contributed by atoms with Crippen LogP contribution in [0.15, 0.2) is 203 Å². The Balaban J connectivity index is 0.956. The molecule has 0 bridgehead atoms. The zero-order valence-corrected chi connectivity index (χ0v) is 33.2. The third kappa shape index (κ3) is 4.77. The lowest BCUT2D eigenvalue weighted by Gasteiger charge is -2.14. The molecule has 0 aliphatic rings. The van der Waals surface area contributed by atoms with E-state index in [9.17, 15) is 0 Å². The molecule has 11 aromatic carbocycles. The highest BCUT2D eigenvalue weighted by molar-refractivity contribution is 6.33. The Kier molecular flexibility index (Phi) is 6.80. The van der Waals surface area contributed by atoms with Crippen molar-refractivity contribution in [3.05, 3.63) is 194 Å². The predicted molar refractivity (Wildman–Crippen MR) is 257 cm³/mol. The quantitative estimate of drug-likeness (QED) is 0.167. The van der Waals surface area contributed by atoms with Crippen molar-refractivity contribution in [2.75, 3.05) is 0 Å². The van der Waals surface area contributed by atoms with Gasteiger partial charge in [0, 0.05) is 27.3 Å². The van der Waals surface area contributed by atoms with E-state index in [2.05, 4.69) is 158 Å². The van der Waals surface area contributed by atoms with Gasteiger partial charge in [-0.1, -0.05) is 152 Å². The first-order valence-electron chi connectivity index (χ1n) is 21.0. The molecule has 0 unspecified atom stereocenters. The molecule has 0 saturated carbocycles. The second kappa shape index (κ2) is 12.6. The van der Waals surface area contributed by atoms with Crippen LogP contribution in [-0.4, -0.2) is 9.97 Å². The third-order valence-electron chi connectivity index (χ3n) is 13.0. The number of rotatable bonds is 4. The van der Waals surface area contributed by atoms with E-state index in [-0.39, 0.29) is 0 Å². The largest absolute Gasteiger partial charge is 0.456 e. The maximum Gasteiger partial charge on any atom is 0.180 e. The molecule has 4 nitrogen and oxygen atoms in total. The first kappa shape index (κ1) is 33.5. The van der Waals surface area contributed by atoms with E-state index in [0.717, 1.165) is 55.6 Å². The zero-order chi connectivity index (χ0) is 40.5. The molecule has 286 valence electrons. The van der Waals surface area contributed by atoms with Crippen LogP contribution in [0.25, 0.3) is 143 Å². The van der Waals surface area contributed by atoms with Crippen molar-refractivity contribution in [2.45, 2.75) is 0 Å². The molecule has 62 heavy (non-hydrogen) atoms. The predicted octanol–water partition coefficient (Wildman–Crippen LogP) is 16.1. The summed E-state index contributed by atoms with van der Waals surface area (Å²) in [5.74, 6) is 0.675. The molecule has 4 heteroatoms. The zero-order valence-electron chi connectivity index (χ0n) is 33.2. The number of benzene rings is 11. The molecule has 0 radical (unpaired) electrons. The Morgan fingerprint density at radius 2 is 0.726 bits per heavy atom. The average molecular weight is 789 g/mol. The highest BCUT2D eigenvalue weighted by Gasteiger charge is 2.20. The Morgan fingerprint density at radius 1 is 0.274 bits per heavy atom. The van der Waals surface area contributed by atoms with E-state index >= 15 is 0 Å². The smallest absolute Gasteiger partial charge is 0.180 e. The van der Waals surface area contributed by atoms with Crippen LogP contribution in [0.5, 0.6) is 0 Å². The summed E-state index contributed by atoms with van der Waals surface area (Å²) in [5.41, 5.74) is 11.4. The standard InChI is InChI=1S/C58H32N2O2/c1-3-11-33(12-4-1)55-57-56(60-58(59-55)34-13-5-2-6-14-34)46-28-24-38(32-52(46)62-57)37-22-26-42-40-16-8-7-15-39(40)41-25-21-36(30-48(41)49(42)31-37)35-23-27-43-44-17-9-19-50-53(44)54-45(47(43)29-35)18-10-20-51(54)61-50/h1-32H. The van der Waals surface area contributed by atoms with Gasteiger partial charge in [0.05, 0.1) is 0 Å². The van der Waals surface area contributed by atoms with Crippen molar-refractivity contribution in [1.29, 1.82) is 0 Å². The van der Waals surface area contributed by atoms with Crippen LogP contribution >= 0.6 is 0 Å². The molecule has 0 atom stereocenters. The number of aromatic nitrogens is 2. The van der Waals surface area contributed by atoms with Crippen LogP contribution in [0, 0.1) is 0 Å². The minimum atomic E-state index is 0.675. The first-order chi connectivity index (χ1) is 30.7. The van der Waals surface area contributed by atoms with Crippen LogP contribution in [-0.2, 0) is 0 Å². The summed E-state index contributed by atoms with van der Waals surface area (Å²) in [6.07, 6.45) is 0. The fourth-order valence-corrected chi connectivity index (χ4v) is 10.1. The summed E-state index contributed by atoms with van der Waals surface area (Å²) < 4.78 is 13.1. The van der Waals surface area contributed by atoms with Gasteiger partial charge in [-0.25, -0.2) is 9.97 Å². The molecule has 14 aromatic rings. The van der Waals surface area contributed by atoms with E-state index in [0.29, 0.717) is 11.4 Å². The van der Waals surface area contributed by atoms with Crippen molar-refractivity contribution in [3.63, 3.8) is 0 Å². The van der Waals surface area contributed by atoms with Gasteiger partial charge in [0.25, 0.3) is 0 Å². The van der Waals surface area contributed by atoms with Gasteiger partial charge in [-0.05, 0) is 119 Å². The Bertz CT molecular complexity index is 4150. The first-order valence-corrected chi connectivity index (χ1v) is 21.0. The lowest BCUT2D eigenvalue weighted by molar-refractivity contribution is 0.667. The van der Waals surface area contributed by atoms with Crippen molar-refractivity contribution >= 4 is 97.9 Å². The van der Waals surface area contributed by atoms with Crippen molar-refractivity contribution < 1.29 is 8.83 Å². The van der Waals surface area contributed by atoms with E-state index in [4.69, 9.17) is 18.8 Å². The van der Waals surface area contributed by atoms with Gasteiger partial charge < -0.3 is 8.83 Å². The van der Waals surface area contributed by atoms with E-state index in [1.807, 2.05) is 36.4 Å². The summed E-state index contributed by atoms with van der Waals surface area (Å²) in [4.78, 5) is 10.2. The summed E-state index contributed by atoms with van der Waals surface area (Å²) in [6.45, 7) is 0. The summed E-state index contributed by atoms with van der Waals surface area (Å²) in [7, 11) is 0. The summed E-state index contributed by atoms with van der Waals surface area (Å²) >= 11 is 0. The molecule has 3 heterocycles. The van der Waals surface area contributed by atoms with Crippen LogP contribution in [0.3, 0.4) is 0 Å².